The molecule has 0 radical (unpaired) electrons. The maximum absolute atomic E-state index is 11.1. The van der Waals surface area contributed by atoms with Gasteiger partial charge in [0.1, 0.15) is 10.6 Å². The van der Waals surface area contributed by atoms with E-state index >= 15 is 0 Å². The van der Waals surface area contributed by atoms with E-state index in [1.54, 1.807) is 17.5 Å². The second-order valence-electron chi connectivity index (χ2n) is 7.97. The lowest BCUT2D eigenvalue weighted by Gasteiger charge is -2.34. The number of anilines is 2. The van der Waals surface area contributed by atoms with Crippen molar-refractivity contribution in [2.75, 3.05) is 11.9 Å². The monoisotopic (exact) mass is 409 g/mol. The smallest absolute Gasteiger partial charge is 0.227 e. The summed E-state index contributed by atoms with van der Waals surface area (Å²) < 4.78 is 0. The number of aromatic nitrogens is 3. The highest BCUT2D eigenvalue weighted by Gasteiger charge is 2.37. The van der Waals surface area contributed by atoms with Gasteiger partial charge >= 0.3 is 0 Å². The van der Waals surface area contributed by atoms with Crippen LogP contribution in [-0.4, -0.2) is 26.6 Å². The molecule has 1 fully saturated rings. The number of benzene rings is 1. The second kappa shape index (κ2) is 8.18. The Morgan fingerprint density at radius 3 is 2.72 bits per heavy atom. The van der Waals surface area contributed by atoms with Crippen molar-refractivity contribution in [2.45, 2.75) is 45.1 Å². The Labute approximate surface area is 175 Å². The van der Waals surface area contributed by atoms with Crippen molar-refractivity contribution in [3.63, 3.8) is 0 Å². The molecule has 7 heteroatoms. The first-order valence-electron chi connectivity index (χ1n) is 10.0. The topological polar surface area (TPSA) is 97.0 Å². The summed E-state index contributed by atoms with van der Waals surface area (Å²) in [5.74, 6) is 1.10. The van der Waals surface area contributed by atoms with E-state index in [0.29, 0.717) is 18.4 Å². The Balaban J connectivity index is 1.57. The first-order valence-corrected chi connectivity index (χ1v) is 10.8. The van der Waals surface area contributed by atoms with Gasteiger partial charge in [-0.15, -0.1) is 11.3 Å². The van der Waals surface area contributed by atoms with Gasteiger partial charge in [-0.2, -0.15) is 0 Å². The normalized spacial score (nSPS) is 21.9. The summed E-state index contributed by atoms with van der Waals surface area (Å²) >= 11 is 1.57. The number of nitrogens with one attached hydrogen (secondary N) is 1. The molecule has 29 heavy (non-hydrogen) atoms. The van der Waals surface area contributed by atoms with E-state index < -0.39 is 5.60 Å². The van der Waals surface area contributed by atoms with Crippen LogP contribution in [0.4, 0.5) is 11.6 Å². The van der Waals surface area contributed by atoms with E-state index in [1.807, 2.05) is 19.2 Å². The first-order chi connectivity index (χ1) is 13.9. The van der Waals surface area contributed by atoms with Crippen LogP contribution in [0.3, 0.4) is 0 Å². The maximum Gasteiger partial charge on any atom is 0.227 e. The van der Waals surface area contributed by atoms with Gasteiger partial charge in [-0.05, 0) is 81.3 Å². The molecule has 0 amide bonds. The fourth-order valence-electron chi connectivity index (χ4n) is 3.86. The molecule has 2 heterocycles. The number of thiazole rings is 1. The van der Waals surface area contributed by atoms with Gasteiger partial charge in [-0.25, -0.2) is 15.0 Å². The first kappa shape index (κ1) is 19.9. The van der Waals surface area contributed by atoms with Crippen LogP contribution >= 0.6 is 11.3 Å². The molecule has 1 aliphatic carbocycles. The Morgan fingerprint density at radius 1 is 1.21 bits per heavy atom. The van der Waals surface area contributed by atoms with Crippen LogP contribution in [0.1, 0.15) is 41.9 Å². The lowest BCUT2D eigenvalue weighted by atomic mass is 9.79. The van der Waals surface area contributed by atoms with Crippen LogP contribution < -0.4 is 11.1 Å². The predicted octanol–water partition coefficient (Wildman–Crippen LogP) is 4.30. The summed E-state index contributed by atoms with van der Waals surface area (Å²) in [6.07, 6.45) is 6.99. The van der Waals surface area contributed by atoms with E-state index in [-0.39, 0.29) is 0 Å². The molecule has 0 unspecified atom stereocenters. The SMILES string of the molecule is Cc1cc(Nc2nccc(C)n2)cc(-c2cnc(C3(O)CCC(CN)CC3)s2)c1. The minimum atomic E-state index is -0.825. The number of aryl methyl sites for hydroxylation is 2. The van der Waals surface area contributed by atoms with Crippen LogP contribution in [0.15, 0.2) is 36.7 Å². The van der Waals surface area contributed by atoms with Crippen molar-refractivity contribution >= 4 is 23.0 Å². The standard InChI is InChI=1S/C22H27N5OS/c1-14-9-17(11-18(10-14)27-21-24-8-5-15(2)26-21)19-13-25-20(29-19)22(28)6-3-16(12-23)4-7-22/h5,8-11,13,16,28H,3-4,6-7,12,23H2,1-2H3,(H,24,26,27). The highest BCUT2D eigenvalue weighted by molar-refractivity contribution is 7.15. The zero-order chi connectivity index (χ0) is 20.4. The van der Waals surface area contributed by atoms with Crippen LogP contribution in [-0.2, 0) is 5.60 Å². The van der Waals surface area contributed by atoms with Gasteiger partial charge < -0.3 is 16.2 Å². The molecule has 0 bridgehead atoms. The molecule has 3 aromatic rings. The van der Waals surface area contributed by atoms with Crippen molar-refractivity contribution in [3.8, 4) is 10.4 Å². The Kier molecular flexibility index (Phi) is 5.63. The maximum atomic E-state index is 11.1. The van der Waals surface area contributed by atoms with Gasteiger partial charge in [0.15, 0.2) is 0 Å². The minimum Gasteiger partial charge on any atom is -0.383 e. The quantitative estimate of drug-likeness (QED) is 0.581. The molecule has 1 aliphatic rings. The van der Waals surface area contributed by atoms with Gasteiger partial charge in [-0.3, -0.25) is 0 Å². The zero-order valence-corrected chi connectivity index (χ0v) is 17.7. The third-order valence-electron chi connectivity index (χ3n) is 5.58. The van der Waals surface area contributed by atoms with Gasteiger partial charge in [0.25, 0.3) is 0 Å². The Hall–Kier alpha value is -2.35. The third kappa shape index (κ3) is 4.47. The van der Waals surface area contributed by atoms with Gasteiger partial charge in [0, 0.05) is 23.8 Å². The number of hydrogen-bond donors (Lipinski definition) is 3. The van der Waals surface area contributed by atoms with Gasteiger partial charge in [0.05, 0.1) is 4.88 Å². The van der Waals surface area contributed by atoms with E-state index in [0.717, 1.165) is 58.1 Å². The van der Waals surface area contributed by atoms with Crippen molar-refractivity contribution < 1.29 is 5.11 Å². The summed E-state index contributed by atoms with van der Waals surface area (Å²) in [7, 11) is 0. The summed E-state index contributed by atoms with van der Waals surface area (Å²) in [6.45, 7) is 4.71. The van der Waals surface area contributed by atoms with Gasteiger partial charge in [0.2, 0.25) is 5.95 Å². The van der Waals surface area contributed by atoms with Crippen molar-refractivity contribution in [1.29, 1.82) is 0 Å². The lowest BCUT2D eigenvalue weighted by molar-refractivity contribution is -0.0132. The van der Waals surface area contributed by atoms with Crippen molar-refractivity contribution in [2.24, 2.45) is 11.7 Å². The van der Waals surface area contributed by atoms with Gasteiger partial charge in [-0.1, -0.05) is 6.07 Å². The fourth-order valence-corrected chi connectivity index (χ4v) is 4.91. The summed E-state index contributed by atoms with van der Waals surface area (Å²) in [5.41, 5.74) is 9.02. The molecule has 1 aromatic carbocycles. The van der Waals surface area contributed by atoms with E-state index in [2.05, 4.69) is 45.4 Å². The number of aliphatic hydroxyl groups is 1. The number of hydrogen-bond acceptors (Lipinski definition) is 7. The second-order valence-corrected chi connectivity index (χ2v) is 9.01. The summed E-state index contributed by atoms with van der Waals surface area (Å²) in [6, 6.07) is 8.15. The molecule has 152 valence electrons. The van der Waals surface area contributed by atoms with Crippen molar-refractivity contribution in [3.05, 3.63) is 52.9 Å². The van der Waals surface area contributed by atoms with Crippen LogP contribution in [0.5, 0.6) is 0 Å². The molecular formula is C22H27N5OS. The molecular weight excluding hydrogens is 382 g/mol. The summed E-state index contributed by atoms with van der Waals surface area (Å²) in [4.78, 5) is 14.3. The average molecular weight is 410 g/mol. The number of rotatable bonds is 5. The zero-order valence-electron chi connectivity index (χ0n) is 16.9. The van der Waals surface area contributed by atoms with Crippen molar-refractivity contribution in [1.82, 2.24) is 15.0 Å². The third-order valence-corrected chi connectivity index (χ3v) is 6.82. The molecule has 0 saturated heterocycles. The Morgan fingerprint density at radius 2 is 2.00 bits per heavy atom. The molecule has 0 aliphatic heterocycles. The molecule has 2 aromatic heterocycles. The lowest BCUT2D eigenvalue weighted by Crippen LogP contribution is -2.33. The molecule has 0 atom stereocenters. The Bertz CT molecular complexity index is 994. The molecule has 6 nitrogen and oxygen atoms in total. The summed E-state index contributed by atoms with van der Waals surface area (Å²) in [5, 5.41) is 15.2. The van der Waals surface area contributed by atoms with E-state index in [1.165, 1.54) is 0 Å². The predicted molar refractivity (Wildman–Crippen MR) is 117 cm³/mol. The average Bonchev–Trinajstić information content (AvgIpc) is 3.19. The molecule has 4 N–H and O–H groups in total. The molecule has 4 rings (SSSR count). The fraction of sp³-hybridized carbons (Fsp3) is 0.409. The number of nitrogens with zero attached hydrogens (tertiary/aromatic N) is 3. The van der Waals surface area contributed by atoms with Crippen LogP contribution in [0.2, 0.25) is 0 Å². The highest BCUT2D eigenvalue weighted by atomic mass is 32.1. The largest absolute Gasteiger partial charge is 0.383 e. The number of nitrogens with two attached hydrogens (primary N) is 1. The highest BCUT2D eigenvalue weighted by Crippen LogP contribution is 2.42. The van der Waals surface area contributed by atoms with Crippen LogP contribution in [0, 0.1) is 19.8 Å². The van der Waals surface area contributed by atoms with E-state index in [9.17, 15) is 5.11 Å². The molecule has 1 saturated carbocycles. The van der Waals surface area contributed by atoms with E-state index in [4.69, 9.17) is 5.73 Å². The minimum absolute atomic E-state index is 0.518. The molecule has 0 spiro atoms. The van der Waals surface area contributed by atoms with Crippen LogP contribution in [0.25, 0.3) is 10.4 Å².